The monoisotopic (exact) mass is 312 g/mol. The van der Waals surface area contributed by atoms with Gasteiger partial charge in [0.2, 0.25) is 11.8 Å². The number of piperazine rings is 1. The highest BCUT2D eigenvalue weighted by molar-refractivity contribution is 5.89. The van der Waals surface area contributed by atoms with Crippen LogP contribution in [-0.4, -0.2) is 48.9 Å². The number of nitriles is 1. The molecule has 3 rings (SSSR count). The average Bonchev–Trinajstić information content (AvgIpc) is 2.62. The summed E-state index contributed by atoms with van der Waals surface area (Å²) in [5.41, 5.74) is 0.494. The Morgan fingerprint density at radius 3 is 2.57 bits per heavy atom. The highest BCUT2D eigenvalue weighted by atomic mass is 16.2. The minimum Gasteiger partial charge on any atom is -0.342 e. The second kappa shape index (κ2) is 6.39. The van der Waals surface area contributed by atoms with E-state index < -0.39 is 11.5 Å². The summed E-state index contributed by atoms with van der Waals surface area (Å²) in [6.45, 7) is 1.79. The second-order valence-corrected chi connectivity index (χ2v) is 6.14. The lowest BCUT2D eigenvalue weighted by atomic mass is 9.74. The van der Waals surface area contributed by atoms with E-state index in [1.165, 1.54) is 0 Å². The number of carbonyl (C=O) groups is 2. The molecule has 0 aromatic heterocycles. The summed E-state index contributed by atoms with van der Waals surface area (Å²) >= 11 is 0. The summed E-state index contributed by atoms with van der Waals surface area (Å²) < 4.78 is 0. The van der Waals surface area contributed by atoms with Crippen LogP contribution >= 0.6 is 0 Å². The Hall–Kier alpha value is -2.39. The van der Waals surface area contributed by atoms with Crippen molar-refractivity contribution in [3.63, 3.8) is 0 Å². The van der Waals surface area contributed by atoms with E-state index in [-0.39, 0.29) is 18.4 Å². The number of amides is 2. The summed E-state index contributed by atoms with van der Waals surface area (Å²) in [7, 11) is 0. The van der Waals surface area contributed by atoms with E-state index in [4.69, 9.17) is 0 Å². The van der Waals surface area contributed by atoms with Crippen LogP contribution in [0.3, 0.4) is 0 Å². The van der Waals surface area contributed by atoms with Crippen LogP contribution in [0.4, 0.5) is 0 Å². The number of benzene rings is 1. The Labute approximate surface area is 135 Å². The van der Waals surface area contributed by atoms with Gasteiger partial charge in [-0.25, -0.2) is 0 Å². The molecule has 0 bridgehead atoms. The summed E-state index contributed by atoms with van der Waals surface area (Å²) in [6.07, 6.45) is 1.24. The lowest BCUT2D eigenvalue weighted by molar-refractivity contribution is -0.138. The highest BCUT2D eigenvalue weighted by Gasteiger charge is 2.39. The summed E-state index contributed by atoms with van der Waals surface area (Å²) in [4.78, 5) is 25.7. The van der Waals surface area contributed by atoms with E-state index in [2.05, 4.69) is 16.7 Å². The van der Waals surface area contributed by atoms with Crippen molar-refractivity contribution in [2.24, 2.45) is 0 Å². The molecule has 2 amide bonds. The molecule has 2 fully saturated rings. The van der Waals surface area contributed by atoms with Crippen LogP contribution in [0.25, 0.3) is 0 Å². The maximum absolute atomic E-state index is 12.5. The zero-order valence-electron chi connectivity index (χ0n) is 12.9. The van der Waals surface area contributed by atoms with E-state index in [1.807, 2.05) is 30.3 Å². The van der Waals surface area contributed by atoms with Gasteiger partial charge in [0.25, 0.3) is 0 Å². The van der Waals surface area contributed by atoms with Crippen molar-refractivity contribution in [2.45, 2.75) is 24.3 Å². The van der Waals surface area contributed by atoms with Crippen molar-refractivity contribution in [1.82, 2.24) is 15.5 Å². The molecule has 1 aromatic carbocycles. The van der Waals surface area contributed by atoms with E-state index in [0.717, 1.165) is 5.56 Å². The molecule has 0 spiro atoms. The van der Waals surface area contributed by atoms with Gasteiger partial charge in [-0.2, -0.15) is 5.26 Å². The predicted octanol–water partition coefficient (Wildman–Crippen LogP) is 0.158. The van der Waals surface area contributed by atoms with E-state index >= 15 is 0 Å². The molecule has 23 heavy (non-hydrogen) atoms. The summed E-state index contributed by atoms with van der Waals surface area (Å²) in [5.74, 6) is -0.215. The minimum absolute atomic E-state index is 0.0647. The molecule has 0 aliphatic carbocycles. The van der Waals surface area contributed by atoms with Crippen molar-refractivity contribution >= 4 is 11.8 Å². The molecule has 120 valence electrons. The average molecular weight is 312 g/mol. The molecule has 2 saturated heterocycles. The number of nitrogens with zero attached hydrogens (tertiary/aromatic N) is 2. The maximum Gasteiger partial charge on any atom is 0.246 e. The molecular formula is C17H20N4O2. The van der Waals surface area contributed by atoms with Crippen LogP contribution in [0.5, 0.6) is 0 Å². The fraction of sp³-hybridized carbons (Fsp3) is 0.471. The predicted molar refractivity (Wildman–Crippen MR) is 84.3 cm³/mol. The van der Waals surface area contributed by atoms with Crippen LogP contribution in [0.1, 0.15) is 18.4 Å². The van der Waals surface area contributed by atoms with Crippen LogP contribution in [0, 0.1) is 11.3 Å². The third-order valence-electron chi connectivity index (χ3n) is 4.74. The Bertz CT molecular complexity index is 630. The van der Waals surface area contributed by atoms with E-state index in [0.29, 0.717) is 32.5 Å². The van der Waals surface area contributed by atoms with Gasteiger partial charge < -0.3 is 15.5 Å². The number of carbonyl (C=O) groups excluding carboxylic acids is 2. The molecule has 0 radical (unpaired) electrons. The van der Waals surface area contributed by atoms with Gasteiger partial charge in [-0.05, 0) is 18.4 Å². The molecule has 2 aliphatic heterocycles. The number of piperidine rings is 1. The fourth-order valence-electron chi connectivity index (χ4n) is 3.33. The quantitative estimate of drug-likeness (QED) is 0.814. The number of hydrogen-bond donors (Lipinski definition) is 2. The lowest BCUT2D eigenvalue weighted by Gasteiger charge is -2.39. The van der Waals surface area contributed by atoms with Crippen molar-refractivity contribution in [3.05, 3.63) is 35.9 Å². The molecule has 1 atom stereocenters. The molecule has 6 heteroatoms. The first-order valence-corrected chi connectivity index (χ1v) is 7.90. The topological polar surface area (TPSA) is 85.2 Å². The van der Waals surface area contributed by atoms with Crippen LogP contribution in [0.2, 0.25) is 0 Å². The summed E-state index contributed by atoms with van der Waals surface area (Å²) in [6, 6.07) is 11.7. The van der Waals surface area contributed by atoms with Gasteiger partial charge in [0.1, 0.15) is 6.04 Å². The molecule has 1 unspecified atom stereocenters. The minimum atomic E-state index is -0.522. The maximum atomic E-state index is 12.5. The third-order valence-corrected chi connectivity index (χ3v) is 4.74. The molecular weight excluding hydrogens is 292 g/mol. The molecule has 2 N–H and O–H groups in total. The largest absolute Gasteiger partial charge is 0.342 e. The molecule has 2 heterocycles. The first kappa shape index (κ1) is 15.5. The van der Waals surface area contributed by atoms with Gasteiger partial charge in [-0.3, -0.25) is 9.59 Å². The smallest absolute Gasteiger partial charge is 0.246 e. The zero-order valence-corrected chi connectivity index (χ0v) is 12.9. The highest BCUT2D eigenvalue weighted by Crippen LogP contribution is 2.34. The number of rotatable bonds is 2. The third kappa shape index (κ3) is 3.06. The van der Waals surface area contributed by atoms with Crippen molar-refractivity contribution in [2.75, 3.05) is 26.2 Å². The SMILES string of the molecule is N#CC1(c2ccccc2)CCN(C(=O)C2CNCC(=O)N2)CC1. The van der Waals surface area contributed by atoms with Gasteiger partial charge in [-0.15, -0.1) is 0 Å². The molecule has 0 saturated carbocycles. The normalized spacial score (nSPS) is 23.7. The molecule has 1 aromatic rings. The van der Waals surface area contributed by atoms with E-state index in [1.54, 1.807) is 4.90 Å². The van der Waals surface area contributed by atoms with Crippen molar-refractivity contribution in [1.29, 1.82) is 5.26 Å². The number of likely N-dealkylation sites (tertiary alicyclic amines) is 1. The van der Waals surface area contributed by atoms with Gasteiger partial charge >= 0.3 is 0 Å². The van der Waals surface area contributed by atoms with E-state index in [9.17, 15) is 14.9 Å². The Kier molecular flexibility index (Phi) is 4.30. The van der Waals surface area contributed by atoms with Crippen LogP contribution < -0.4 is 10.6 Å². The fourth-order valence-corrected chi connectivity index (χ4v) is 3.33. The van der Waals surface area contributed by atoms with Gasteiger partial charge in [0.15, 0.2) is 0 Å². The Morgan fingerprint density at radius 1 is 1.26 bits per heavy atom. The van der Waals surface area contributed by atoms with Gasteiger partial charge in [0.05, 0.1) is 18.0 Å². The standard InChI is InChI=1S/C17H20N4O2/c18-12-17(13-4-2-1-3-5-13)6-8-21(9-7-17)16(23)14-10-19-11-15(22)20-14/h1-5,14,19H,6-11H2,(H,20,22). The molecule has 2 aliphatic rings. The van der Waals surface area contributed by atoms with Crippen molar-refractivity contribution < 1.29 is 9.59 Å². The van der Waals surface area contributed by atoms with Gasteiger partial charge in [-0.1, -0.05) is 30.3 Å². The number of nitrogens with one attached hydrogen (secondary N) is 2. The lowest BCUT2D eigenvalue weighted by Crippen LogP contribution is -2.60. The first-order valence-electron chi connectivity index (χ1n) is 7.90. The van der Waals surface area contributed by atoms with Crippen LogP contribution in [0.15, 0.2) is 30.3 Å². The summed E-state index contributed by atoms with van der Waals surface area (Å²) in [5, 5.41) is 15.4. The van der Waals surface area contributed by atoms with Crippen LogP contribution in [-0.2, 0) is 15.0 Å². The zero-order chi connectivity index (χ0) is 16.3. The Morgan fingerprint density at radius 2 is 1.96 bits per heavy atom. The Balaban J connectivity index is 1.67. The number of hydrogen-bond acceptors (Lipinski definition) is 4. The van der Waals surface area contributed by atoms with Crippen molar-refractivity contribution in [3.8, 4) is 6.07 Å². The second-order valence-electron chi connectivity index (χ2n) is 6.14. The van der Waals surface area contributed by atoms with Gasteiger partial charge in [0, 0.05) is 19.6 Å². The first-order chi connectivity index (χ1) is 11.1. The molecule has 6 nitrogen and oxygen atoms in total.